The van der Waals surface area contributed by atoms with Gasteiger partial charge in [0.15, 0.2) is 0 Å². The molecule has 1 unspecified atom stereocenters. The summed E-state index contributed by atoms with van der Waals surface area (Å²) in [5.41, 5.74) is 0.341. The first kappa shape index (κ1) is 11.0. The van der Waals surface area contributed by atoms with E-state index in [9.17, 15) is 0 Å². The predicted molar refractivity (Wildman–Crippen MR) is 58.0 cm³/mol. The molecule has 0 aromatic carbocycles. The number of hydrogen-bond acceptors (Lipinski definition) is 2. The Labute approximate surface area is 82.7 Å². The minimum Gasteiger partial charge on any atom is -0.311 e. The summed E-state index contributed by atoms with van der Waals surface area (Å²) >= 11 is 0. The molecule has 1 saturated heterocycles. The van der Waals surface area contributed by atoms with Gasteiger partial charge in [-0.05, 0) is 27.2 Å². The van der Waals surface area contributed by atoms with Crippen LogP contribution in [0.1, 0.15) is 40.5 Å². The number of nitrogens with zero attached hydrogens (tertiary/aromatic N) is 1. The molecule has 0 aliphatic carbocycles. The first-order chi connectivity index (χ1) is 6.04. The van der Waals surface area contributed by atoms with Crippen molar-refractivity contribution in [1.29, 1.82) is 0 Å². The Hall–Kier alpha value is -0.0800. The van der Waals surface area contributed by atoms with Crippen LogP contribution in [0.3, 0.4) is 0 Å². The van der Waals surface area contributed by atoms with E-state index in [4.69, 9.17) is 0 Å². The monoisotopic (exact) mass is 184 g/mol. The van der Waals surface area contributed by atoms with E-state index >= 15 is 0 Å². The van der Waals surface area contributed by atoms with E-state index < -0.39 is 0 Å². The van der Waals surface area contributed by atoms with Gasteiger partial charge in [-0.1, -0.05) is 13.3 Å². The van der Waals surface area contributed by atoms with Crippen LogP contribution in [0.2, 0.25) is 0 Å². The van der Waals surface area contributed by atoms with Crippen molar-refractivity contribution in [3.05, 3.63) is 0 Å². The van der Waals surface area contributed by atoms with Gasteiger partial charge < -0.3 is 5.32 Å². The van der Waals surface area contributed by atoms with Crippen molar-refractivity contribution >= 4 is 0 Å². The van der Waals surface area contributed by atoms with Crippen LogP contribution in [0, 0.1) is 0 Å². The van der Waals surface area contributed by atoms with Crippen molar-refractivity contribution in [1.82, 2.24) is 10.2 Å². The van der Waals surface area contributed by atoms with Crippen molar-refractivity contribution in [2.24, 2.45) is 0 Å². The fraction of sp³-hybridized carbons (Fsp3) is 1.00. The highest BCUT2D eigenvalue weighted by Crippen LogP contribution is 2.16. The molecule has 1 fully saturated rings. The van der Waals surface area contributed by atoms with Crippen LogP contribution in [0.15, 0.2) is 0 Å². The van der Waals surface area contributed by atoms with E-state index in [2.05, 4.69) is 37.9 Å². The van der Waals surface area contributed by atoms with Crippen LogP contribution in [-0.2, 0) is 0 Å². The maximum absolute atomic E-state index is 3.58. The first-order valence-corrected chi connectivity index (χ1v) is 5.52. The smallest absolute Gasteiger partial charge is 0.0195 e. The van der Waals surface area contributed by atoms with Gasteiger partial charge in [0.1, 0.15) is 0 Å². The Morgan fingerprint density at radius 3 is 2.62 bits per heavy atom. The lowest BCUT2D eigenvalue weighted by atomic mass is 10.0. The Kier molecular flexibility index (Phi) is 3.74. The maximum atomic E-state index is 3.58. The standard InChI is InChI=1S/C11H24N2/c1-5-6-10-9-13(8-7-12-10)11(2,3)4/h10,12H,5-9H2,1-4H3. The number of nitrogens with one attached hydrogen (secondary N) is 1. The van der Waals surface area contributed by atoms with E-state index in [-0.39, 0.29) is 0 Å². The summed E-state index contributed by atoms with van der Waals surface area (Å²) in [5.74, 6) is 0. The van der Waals surface area contributed by atoms with E-state index in [0.717, 1.165) is 12.6 Å². The quantitative estimate of drug-likeness (QED) is 0.704. The van der Waals surface area contributed by atoms with Gasteiger partial charge in [0.2, 0.25) is 0 Å². The number of rotatable bonds is 2. The van der Waals surface area contributed by atoms with Crippen LogP contribution in [0.4, 0.5) is 0 Å². The van der Waals surface area contributed by atoms with Crippen LogP contribution in [0.5, 0.6) is 0 Å². The maximum Gasteiger partial charge on any atom is 0.0195 e. The molecule has 1 aliphatic rings. The zero-order chi connectivity index (χ0) is 9.90. The number of piperazine rings is 1. The van der Waals surface area contributed by atoms with Crippen molar-refractivity contribution in [3.8, 4) is 0 Å². The molecule has 0 aromatic heterocycles. The molecule has 0 radical (unpaired) electrons. The Morgan fingerprint density at radius 1 is 1.38 bits per heavy atom. The molecule has 0 amide bonds. The van der Waals surface area contributed by atoms with Gasteiger partial charge >= 0.3 is 0 Å². The predicted octanol–water partition coefficient (Wildman–Crippen LogP) is 1.86. The topological polar surface area (TPSA) is 15.3 Å². The van der Waals surface area contributed by atoms with E-state index in [1.54, 1.807) is 0 Å². The zero-order valence-electron chi connectivity index (χ0n) is 9.56. The molecule has 0 aromatic rings. The normalized spacial score (nSPS) is 26.3. The SMILES string of the molecule is CCCC1CN(C(C)(C)C)CCN1. The zero-order valence-corrected chi connectivity index (χ0v) is 9.56. The van der Waals surface area contributed by atoms with Crippen LogP contribution in [0.25, 0.3) is 0 Å². The summed E-state index contributed by atoms with van der Waals surface area (Å²) in [6.45, 7) is 12.8. The summed E-state index contributed by atoms with van der Waals surface area (Å²) in [6.07, 6.45) is 2.60. The molecule has 0 spiro atoms. The Balaban J connectivity index is 2.42. The van der Waals surface area contributed by atoms with Gasteiger partial charge in [0, 0.05) is 31.2 Å². The van der Waals surface area contributed by atoms with Gasteiger partial charge in [0.05, 0.1) is 0 Å². The Bertz CT molecular complexity index is 147. The molecule has 13 heavy (non-hydrogen) atoms. The first-order valence-electron chi connectivity index (χ1n) is 5.52. The lowest BCUT2D eigenvalue weighted by molar-refractivity contribution is 0.0933. The summed E-state index contributed by atoms with van der Waals surface area (Å²) in [5, 5.41) is 3.58. The second kappa shape index (κ2) is 4.43. The molecule has 2 heteroatoms. The highest BCUT2D eigenvalue weighted by molar-refractivity contribution is 4.85. The van der Waals surface area contributed by atoms with E-state index in [1.807, 2.05) is 0 Å². The van der Waals surface area contributed by atoms with Crippen molar-refractivity contribution in [2.75, 3.05) is 19.6 Å². The summed E-state index contributed by atoms with van der Waals surface area (Å²) < 4.78 is 0. The average Bonchev–Trinajstić information content (AvgIpc) is 2.04. The molecule has 1 atom stereocenters. The van der Waals surface area contributed by atoms with Crippen LogP contribution in [-0.4, -0.2) is 36.1 Å². The van der Waals surface area contributed by atoms with Crippen molar-refractivity contribution in [3.63, 3.8) is 0 Å². The van der Waals surface area contributed by atoms with Crippen molar-refractivity contribution < 1.29 is 0 Å². The second-order valence-electron chi connectivity index (χ2n) is 5.06. The molecule has 1 heterocycles. The van der Waals surface area contributed by atoms with Crippen LogP contribution >= 0.6 is 0 Å². The van der Waals surface area contributed by atoms with Gasteiger partial charge in [-0.25, -0.2) is 0 Å². The lowest BCUT2D eigenvalue weighted by Crippen LogP contribution is -2.56. The van der Waals surface area contributed by atoms with Gasteiger partial charge in [-0.2, -0.15) is 0 Å². The summed E-state index contributed by atoms with van der Waals surface area (Å²) in [7, 11) is 0. The third-order valence-electron chi connectivity index (χ3n) is 2.84. The third kappa shape index (κ3) is 3.28. The van der Waals surface area contributed by atoms with Gasteiger partial charge in [-0.15, -0.1) is 0 Å². The third-order valence-corrected chi connectivity index (χ3v) is 2.84. The summed E-state index contributed by atoms with van der Waals surface area (Å²) in [6, 6.07) is 0.720. The van der Waals surface area contributed by atoms with Gasteiger partial charge in [0.25, 0.3) is 0 Å². The molecular weight excluding hydrogens is 160 g/mol. The molecule has 0 bridgehead atoms. The fourth-order valence-corrected chi connectivity index (χ4v) is 1.98. The molecule has 1 rings (SSSR count). The summed E-state index contributed by atoms with van der Waals surface area (Å²) in [4.78, 5) is 2.59. The minimum absolute atomic E-state index is 0.341. The fourth-order valence-electron chi connectivity index (χ4n) is 1.98. The molecule has 2 nitrogen and oxygen atoms in total. The number of hydrogen-bond donors (Lipinski definition) is 1. The van der Waals surface area contributed by atoms with Crippen molar-refractivity contribution in [2.45, 2.75) is 52.1 Å². The highest BCUT2D eigenvalue weighted by atomic mass is 15.2. The van der Waals surface area contributed by atoms with E-state index in [0.29, 0.717) is 5.54 Å². The largest absolute Gasteiger partial charge is 0.311 e. The molecule has 78 valence electrons. The minimum atomic E-state index is 0.341. The lowest BCUT2D eigenvalue weighted by Gasteiger charge is -2.42. The average molecular weight is 184 g/mol. The molecule has 0 saturated carbocycles. The van der Waals surface area contributed by atoms with Crippen LogP contribution < -0.4 is 5.32 Å². The highest BCUT2D eigenvalue weighted by Gasteiger charge is 2.26. The van der Waals surface area contributed by atoms with E-state index in [1.165, 1.54) is 25.9 Å². The van der Waals surface area contributed by atoms with Gasteiger partial charge in [-0.3, -0.25) is 4.90 Å². The molecular formula is C11H24N2. The molecule has 1 aliphatic heterocycles. The molecule has 1 N–H and O–H groups in total. The Morgan fingerprint density at radius 2 is 2.08 bits per heavy atom. The second-order valence-corrected chi connectivity index (χ2v) is 5.06.